The van der Waals surface area contributed by atoms with Gasteiger partial charge in [-0.05, 0) is 24.0 Å². The number of aromatic nitrogens is 4. The lowest BCUT2D eigenvalue weighted by Gasteiger charge is -2.13. The van der Waals surface area contributed by atoms with E-state index in [1.165, 1.54) is 22.5 Å². The summed E-state index contributed by atoms with van der Waals surface area (Å²) >= 11 is 3.09. The van der Waals surface area contributed by atoms with Crippen molar-refractivity contribution in [2.75, 3.05) is 5.32 Å². The van der Waals surface area contributed by atoms with E-state index < -0.39 is 0 Å². The maximum Gasteiger partial charge on any atom is 0.223 e. The number of hydrogen-bond donors (Lipinski definition) is 1. The standard InChI is InChI=1S/C16H19N5OS2/c1-4-11-7-6-8-12(5-2)14(11)18-15-19-20-16(24-15)23-9-13-17-10(3)22-21-13/h6-8H,4-5,9H2,1-3H3,(H,18,19). The van der Waals surface area contributed by atoms with Crippen LogP contribution in [-0.2, 0) is 18.6 Å². The molecule has 3 rings (SSSR count). The van der Waals surface area contributed by atoms with E-state index in [1.807, 2.05) is 0 Å². The van der Waals surface area contributed by atoms with Gasteiger partial charge in [0.1, 0.15) is 0 Å². The van der Waals surface area contributed by atoms with Gasteiger partial charge in [-0.25, -0.2) is 0 Å². The first-order valence-electron chi connectivity index (χ1n) is 7.82. The molecule has 0 aliphatic rings. The van der Waals surface area contributed by atoms with Crippen LogP contribution < -0.4 is 5.32 Å². The van der Waals surface area contributed by atoms with Gasteiger partial charge in [0.2, 0.25) is 11.0 Å². The van der Waals surface area contributed by atoms with Gasteiger partial charge in [0, 0.05) is 12.6 Å². The second-order valence-corrected chi connectivity index (χ2v) is 7.37. The van der Waals surface area contributed by atoms with Gasteiger partial charge in [0.05, 0.1) is 5.75 Å². The molecule has 0 amide bonds. The van der Waals surface area contributed by atoms with Gasteiger partial charge in [-0.3, -0.25) is 0 Å². The Morgan fingerprint density at radius 2 is 1.92 bits per heavy atom. The maximum absolute atomic E-state index is 4.97. The Balaban J connectivity index is 1.70. The summed E-state index contributed by atoms with van der Waals surface area (Å²) in [4.78, 5) is 4.19. The molecule has 24 heavy (non-hydrogen) atoms. The molecule has 0 fully saturated rings. The fraction of sp³-hybridized carbons (Fsp3) is 0.375. The first-order chi connectivity index (χ1) is 11.7. The molecule has 0 unspecified atom stereocenters. The molecule has 3 aromatic rings. The highest BCUT2D eigenvalue weighted by Gasteiger charge is 2.11. The summed E-state index contributed by atoms with van der Waals surface area (Å²) in [5, 5.41) is 16.6. The van der Waals surface area contributed by atoms with Crippen LogP contribution in [0.2, 0.25) is 0 Å². The van der Waals surface area contributed by atoms with Crippen molar-refractivity contribution in [3.63, 3.8) is 0 Å². The molecule has 1 N–H and O–H groups in total. The molecule has 6 nitrogen and oxygen atoms in total. The van der Waals surface area contributed by atoms with Gasteiger partial charge in [-0.15, -0.1) is 10.2 Å². The fourth-order valence-corrected chi connectivity index (χ4v) is 3.95. The van der Waals surface area contributed by atoms with Crippen LogP contribution in [0.1, 0.15) is 36.7 Å². The predicted molar refractivity (Wildman–Crippen MR) is 97.0 cm³/mol. The summed E-state index contributed by atoms with van der Waals surface area (Å²) in [6, 6.07) is 6.41. The van der Waals surface area contributed by atoms with E-state index in [0.717, 1.165) is 28.0 Å². The zero-order chi connectivity index (χ0) is 16.9. The Labute approximate surface area is 149 Å². The number of nitrogens with one attached hydrogen (secondary N) is 1. The quantitative estimate of drug-likeness (QED) is 0.625. The topological polar surface area (TPSA) is 76.7 Å². The number of anilines is 2. The largest absolute Gasteiger partial charge is 0.340 e. The molecule has 0 aliphatic carbocycles. The van der Waals surface area contributed by atoms with Crippen LogP contribution in [0, 0.1) is 6.92 Å². The summed E-state index contributed by atoms with van der Waals surface area (Å²) < 4.78 is 5.85. The van der Waals surface area contributed by atoms with E-state index in [1.54, 1.807) is 18.7 Å². The van der Waals surface area contributed by atoms with Gasteiger partial charge < -0.3 is 9.84 Å². The first kappa shape index (κ1) is 16.9. The molecule has 0 aliphatic heterocycles. The average molecular weight is 361 g/mol. The van der Waals surface area contributed by atoms with Crippen molar-refractivity contribution in [3.05, 3.63) is 41.0 Å². The highest BCUT2D eigenvalue weighted by Crippen LogP contribution is 2.32. The van der Waals surface area contributed by atoms with E-state index in [2.05, 4.69) is 57.7 Å². The third-order valence-corrected chi connectivity index (χ3v) is 5.50. The molecule has 2 heterocycles. The van der Waals surface area contributed by atoms with Crippen LogP contribution in [0.15, 0.2) is 27.1 Å². The lowest BCUT2D eigenvalue weighted by molar-refractivity contribution is 0.389. The maximum atomic E-state index is 4.97. The van der Waals surface area contributed by atoms with Crippen molar-refractivity contribution in [1.29, 1.82) is 0 Å². The van der Waals surface area contributed by atoms with E-state index in [4.69, 9.17) is 4.52 Å². The van der Waals surface area contributed by atoms with E-state index >= 15 is 0 Å². The number of para-hydroxylation sites is 1. The van der Waals surface area contributed by atoms with Crippen LogP contribution in [0.4, 0.5) is 10.8 Å². The third-order valence-electron chi connectivity index (χ3n) is 3.53. The highest BCUT2D eigenvalue weighted by molar-refractivity contribution is 8.00. The van der Waals surface area contributed by atoms with Crippen LogP contribution in [-0.4, -0.2) is 20.3 Å². The molecule has 0 saturated carbocycles. The molecular formula is C16H19N5OS2. The van der Waals surface area contributed by atoms with Crippen LogP contribution in [0.5, 0.6) is 0 Å². The summed E-state index contributed by atoms with van der Waals surface area (Å²) in [7, 11) is 0. The summed E-state index contributed by atoms with van der Waals surface area (Å²) in [6.45, 7) is 6.10. The second kappa shape index (κ2) is 7.76. The zero-order valence-electron chi connectivity index (χ0n) is 13.9. The lowest BCUT2D eigenvalue weighted by atomic mass is 10.0. The normalized spacial score (nSPS) is 11.0. The van der Waals surface area contributed by atoms with Gasteiger partial charge in [-0.2, -0.15) is 4.98 Å². The Hall–Kier alpha value is -1.93. The van der Waals surface area contributed by atoms with Crippen LogP contribution >= 0.6 is 23.1 Å². The van der Waals surface area contributed by atoms with Crippen molar-refractivity contribution < 1.29 is 4.52 Å². The molecule has 126 valence electrons. The number of rotatable bonds is 7. The minimum atomic E-state index is 0.577. The van der Waals surface area contributed by atoms with Crippen LogP contribution in [0.25, 0.3) is 0 Å². The minimum Gasteiger partial charge on any atom is -0.340 e. The highest BCUT2D eigenvalue weighted by atomic mass is 32.2. The van der Waals surface area contributed by atoms with Gasteiger partial charge in [0.15, 0.2) is 10.2 Å². The molecule has 0 radical (unpaired) electrons. The van der Waals surface area contributed by atoms with Crippen molar-refractivity contribution >= 4 is 33.9 Å². The Kier molecular flexibility index (Phi) is 5.47. The number of hydrogen-bond acceptors (Lipinski definition) is 8. The summed E-state index contributed by atoms with van der Waals surface area (Å²) in [5.41, 5.74) is 3.74. The Morgan fingerprint density at radius 3 is 2.54 bits per heavy atom. The molecule has 0 bridgehead atoms. The fourth-order valence-electron chi connectivity index (χ4n) is 2.35. The smallest absolute Gasteiger partial charge is 0.223 e. The SMILES string of the molecule is CCc1cccc(CC)c1Nc1nnc(SCc2noc(C)n2)s1. The molecule has 0 spiro atoms. The lowest BCUT2D eigenvalue weighted by Crippen LogP contribution is -1.99. The molecule has 8 heteroatoms. The zero-order valence-corrected chi connectivity index (χ0v) is 15.5. The predicted octanol–water partition coefficient (Wildman–Crippen LogP) is 4.39. The van der Waals surface area contributed by atoms with Crippen molar-refractivity contribution in [2.45, 2.75) is 43.7 Å². The second-order valence-electron chi connectivity index (χ2n) is 5.17. The Morgan fingerprint density at radius 1 is 1.17 bits per heavy atom. The van der Waals surface area contributed by atoms with Gasteiger partial charge in [-0.1, -0.05) is 60.3 Å². The number of benzene rings is 1. The third kappa shape index (κ3) is 3.93. The molecule has 0 saturated heterocycles. The monoisotopic (exact) mass is 361 g/mol. The van der Waals surface area contributed by atoms with E-state index in [9.17, 15) is 0 Å². The van der Waals surface area contributed by atoms with Crippen LogP contribution in [0.3, 0.4) is 0 Å². The summed E-state index contributed by atoms with van der Waals surface area (Å²) in [5.74, 6) is 1.87. The first-order valence-corrected chi connectivity index (χ1v) is 9.63. The Bertz CT molecular complexity index is 792. The van der Waals surface area contributed by atoms with E-state index in [-0.39, 0.29) is 0 Å². The number of thioether (sulfide) groups is 1. The van der Waals surface area contributed by atoms with E-state index in [0.29, 0.717) is 17.5 Å². The number of nitrogens with zero attached hydrogens (tertiary/aromatic N) is 4. The minimum absolute atomic E-state index is 0.577. The molecule has 1 aromatic carbocycles. The van der Waals surface area contributed by atoms with Gasteiger partial charge in [0.25, 0.3) is 0 Å². The molecule has 0 atom stereocenters. The molecule has 2 aromatic heterocycles. The van der Waals surface area contributed by atoms with Crippen molar-refractivity contribution in [1.82, 2.24) is 20.3 Å². The van der Waals surface area contributed by atoms with Crippen molar-refractivity contribution in [3.8, 4) is 0 Å². The molecular weight excluding hydrogens is 342 g/mol. The van der Waals surface area contributed by atoms with Crippen molar-refractivity contribution in [2.24, 2.45) is 0 Å². The number of aryl methyl sites for hydroxylation is 3. The van der Waals surface area contributed by atoms with Gasteiger partial charge >= 0.3 is 0 Å². The average Bonchev–Trinajstić information content (AvgIpc) is 3.22. The summed E-state index contributed by atoms with van der Waals surface area (Å²) in [6.07, 6.45) is 1.96.